The fraction of sp³-hybridized carbons (Fsp3) is 0.533. The van der Waals surface area contributed by atoms with Gasteiger partial charge in [-0.05, 0) is 38.1 Å². The first kappa shape index (κ1) is 14.8. The number of hydrogen-bond acceptors (Lipinski definition) is 4. The summed E-state index contributed by atoms with van der Waals surface area (Å²) in [6, 6.07) is 6.37. The third kappa shape index (κ3) is 3.19. The number of guanidine groups is 1. The maximum Gasteiger partial charge on any atom is 0.189 e. The Morgan fingerprint density at radius 3 is 3.23 bits per heavy atom. The fourth-order valence-electron chi connectivity index (χ4n) is 2.98. The van der Waals surface area contributed by atoms with Gasteiger partial charge in [0.25, 0.3) is 0 Å². The summed E-state index contributed by atoms with van der Waals surface area (Å²) in [5, 5.41) is 11.5. The molecule has 3 N–H and O–H groups in total. The second-order valence-electron chi connectivity index (χ2n) is 5.55. The van der Waals surface area contributed by atoms with Crippen molar-refractivity contribution in [2.75, 3.05) is 19.6 Å². The average molecular weight is 301 g/mol. The zero-order chi connectivity index (χ0) is 15.4. The average Bonchev–Trinajstić information content (AvgIpc) is 3.17. The van der Waals surface area contributed by atoms with Crippen LogP contribution in [0.15, 0.2) is 29.4 Å². The highest BCUT2D eigenvalue weighted by Gasteiger charge is 2.22. The molecule has 1 saturated heterocycles. The molecule has 0 aromatic carbocycles. The SMILES string of the molecule is CCN1CCCC1CNC(N)=NCc1nnc2ccccn12. The minimum absolute atomic E-state index is 0.423. The van der Waals surface area contributed by atoms with Crippen molar-refractivity contribution in [2.24, 2.45) is 10.7 Å². The van der Waals surface area contributed by atoms with E-state index in [1.807, 2.05) is 28.8 Å². The Hall–Kier alpha value is -2.15. The predicted octanol–water partition coefficient (Wildman–Crippen LogP) is 0.618. The van der Waals surface area contributed by atoms with Gasteiger partial charge in [-0.25, -0.2) is 4.99 Å². The molecule has 1 aliphatic rings. The molecule has 1 unspecified atom stereocenters. The van der Waals surface area contributed by atoms with E-state index >= 15 is 0 Å². The lowest BCUT2D eigenvalue weighted by atomic mass is 10.2. The van der Waals surface area contributed by atoms with Crippen LogP contribution >= 0.6 is 0 Å². The third-order valence-electron chi connectivity index (χ3n) is 4.20. The number of rotatable bonds is 5. The topological polar surface area (TPSA) is 83.8 Å². The number of fused-ring (bicyclic) bond motifs is 1. The zero-order valence-electron chi connectivity index (χ0n) is 12.9. The number of hydrogen-bond donors (Lipinski definition) is 2. The molecule has 0 spiro atoms. The smallest absolute Gasteiger partial charge is 0.189 e. The molecule has 118 valence electrons. The second-order valence-corrected chi connectivity index (χ2v) is 5.55. The molecule has 0 saturated carbocycles. The van der Waals surface area contributed by atoms with Crippen molar-refractivity contribution >= 4 is 11.6 Å². The van der Waals surface area contributed by atoms with Crippen molar-refractivity contribution in [1.82, 2.24) is 24.8 Å². The molecule has 0 amide bonds. The highest BCUT2D eigenvalue weighted by Crippen LogP contribution is 2.15. The molecule has 0 radical (unpaired) electrons. The van der Waals surface area contributed by atoms with Gasteiger partial charge in [-0.3, -0.25) is 9.30 Å². The quantitative estimate of drug-likeness (QED) is 0.625. The third-order valence-corrected chi connectivity index (χ3v) is 4.20. The van der Waals surface area contributed by atoms with E-state index in [0.29, 0.717) is 18.5 Å². The van der Waals surface area contributed by atoms with Crippen LogP contribution < -0.4 is 11.1 Å². The number of nitrogens with zero attached hydrogens (tertiary/aromatic N) is 5. The molecule has 1 fully saturated rings. The molecule has 7 nitrogen and oxygen atoms in total. The van der Waals surface area contributed by atoms with Crippen LogP contribution in [0.25, 0.3) is 5.65 Å². The minimum atomic E-state index is 0.423. The summed E-state index contributed by atoms with van der Waals surface area (Å²) < 4.78 is 1.92. The monoisotopic (exact) mass is 301 g/mol. The summed E-state index contributed by atoms with van der Waals surface area (Å²) in [5.41, 5.74) is 6.79. The molecule has 1 atom stereocenters. The van der Waals surface area contributed by atoms with Crippen LogP contribution in [0.3, 0.4) is 0 Å². The number of likely N-dealkylation sites (N-methyl/N-ethyl adjacent to an activating group) is 1. The van der Waals surface area contributed by atoms with E-state index in [1.165, 1.54) is 19.4 Å². The van der Waals surface area contributed by atoms with Crippen LogP contribution in [0.5, 0.6) is 0 Å². The van der Waals surface area contributed by atoms with E-state index in [1.54, 1.807) is 0 Å². The number of aromatic nitrogens is 3. The van der Waals surface area contributed by atoms with Gasteiger partial charge in [0.1, 0.15) is 6.54 Å². The van der Waals surface area contributed by atoms with E-state index in [0.717, 1.165) is 24.6 Å². The summed E-state index contributed by atoms with van der Waals surface area (Å²) >= 11 is 0. The summed E-state index contributed by atoms with van der Waals surface area (Å²) in [7, 11) is 0. The van der Waals surface area contributed by atoms with Gasteiger partial charge in [-0.2, -0.15) is 0 Å². The number of pyridine rings is 1. The van der Waals surface area contributed by atoms with E-state index in [-0.39, 0.29) is 0 Å². The van der Waals surface area contributed by atoms with Gasteiger partial charge in [0.15, 0.2) is 17.4 Å². The van der Waals surface area contributed by atoms with Crippen LogP contribution in [0.2, 0.25) is 0 Å². The van der Waals surface area contributed by atoms with Crippen LogP contribution in [0.4, 0.5) is 0 Å². The summed E-state index contributed by atoms with van der Waals surface area (Å²) in [4.78, 5) is 6.85. The Balaban J connectivity index is 1.56. The number of nitrogens with one attached hydrogen (secondary N) is 1. The molecular weight excluding hydrogens is 278 g/mol. The molecule has 0 aliphatic carbocycles. The molecular formula is C15H23N7. The van der Waals surface area contributed by atoms with Gasteiger partial charge in [-0.1, -0.05) is 13.0 Å². The van der Waals surface area contributed by atoms with Crippen molar-refractivity contribution < 1.29 is 0 Å². The van der Waals surface area contributed by atoms with Crippen LogP contribution in [0, 0.1) is 0 Å². The predicted molar refractivity (Wildman–Crippen MR) is 86.6 cm³/mol. The molecule has 7 heteroatoms. The highest BCUT2D eigenvalue weighted by molar-refractivity contribution is 5.77. The van der Waals surface area contributed by atoms with Crippen molar-refractivity contribution in [3.63, 3.8) is 0 Å². The molecule has 1 aliphatic heterocycles. The normalized spacial score (nSPS) is 19.9. The van der Waals surface area contributed by atoms with Crippen molar-refractivity contribution in [1.29, 1.82) is 0 Å². The van der Waals surface area contributed by atoms with Gasteiger partial charge in [0.05, 0.1) is 0 Å². The summed E-state index contributed by atoms with van der Waals surface area (Å²) in [6.45, 7) is 5.75. The van der Waals surface area contributed by atoms with Gasteiger partial charge in [0, 0.05) is 18.8 Å². The first-order valence-electron chi connectivity index (χ1n) is 7.84. The Morgan fingerprint density at radius 1 is 1.45 bits per heavy atom. The molecule has 22 heavy (non-hydrogen) atoms. The molecule has 2 aromatic rings. The summed E-state index contributed by atoms with van der Waals surface area (Å²) in [5.74, 6) is 1.26. The van der Waals surface area contributed by atoms with Crippen molar-refractivity contribution in [2.45, 2.75) is 32.4 Å². The molecule has 3 rings (SSSR count). The van der Waals surface area contributed by atoms with E-state index in [9.17, 15) is 0 Å². The highest BCUT2D eigenvalue weighted by atomic mass is 15.3. The number of likely N-dealkylation sites (tertiary alicyclic amines) is 1. The van der Waals surface area contributed by atoms with Gasteiger partial charge in [-0.15, -0.1) is 10.2 Å². The zero-order valence-corrected chi connectivity index (χ0v) is 12.9. The first-order valence-corrected chi connectivity index (χ1v) is 7.84. The molecule has 3 heterocycles. The number of nitrogens with two attached hydrogens (primary N) is 1. The number of aliphatic imine (C=N–C) groups is 1. The Kier molecular flexibility index (Phi) is 4.53. The van der Waals surface area contributed by atoms with Crippen LogP contribution in [-0.2, 0) is 6.54 Å². The first-order chi connectivity index (χ1) is 10.8. The van der Waals surface area contributed by atoms with Crippen molar-refractivity contribution in [3.05, 3.63) is 30.2 Å². The largest absolute Gasteiger partial charge is 0.370 e. The lowest BCUT2D eigenvalue weighted by Gasteiger charge is -2.23. The lowest BCUT2D eigenvalue weighted by molar-refractivity contribution is 0.267. The second kappa shape index (κ2) is 6.74. The minimum Gasteiger partial charge on any atom is -0.370 e. The van der Waals surface area contributed by atoms with Crippen LogP contribution in [0.1, 0.15) is 25.6 Å². The van der Waals surface area contributed by atoms with E-state index in [2.05, 4.69) is 32.3 Å². The summed E-state index contributed by atoms with van der Waals surface area (Å²) in [6.07, 6.45) is 4.42. The van der Waals surface area contributed by atoms with Gasteiger partial charge >= 0.3 is 0 Å². The van der Waals surface area contributed by atoms with E-state index in [4.69, 9.17) is 5.73 Å². The molecule has 0 bridgehead atoms. The maximum absolute atomic E-state index is 5.96. The van der Waals surface area contributed by atoms with Crippen molar-refractivity contribution in [3.8, 4) is 0 Å². The Bertz CT molecular complexity index is 648. The Labute approximate surface area is 130 Å². The maximum atomic E-state index is 5.96. The standard InChI is InChI=1S/C15H23N7/c1-2-21-8-5-6-12(21)10-17-15(16)18-11-14-20-19-13-7-3-4-9-22(13)14/h3-4,7,9,12H,2,5-6,8,10-11H2,1H3,(H3,16,17,18). The molecule has 2 aromatic heterocycles. The fourth-order valence-corrected chi connectivity index (χ4v) is 2.98. The lowest BCUT2D eigenvalue weighted by Crippen LogP contribution is -2.42. The van der Waals surface area contributed by atoms with E-state index < -0.39 is 0 Å². The van der Waals surface area contributed by atoms with Gasteiger partial charge < -0.3 is 11.1 Å². The Morgan fingerprint density at radius 2 is 2.36 bits per heavy atom. The van der Waals surface area contributed by atoms with Gasteiger partial charge in [0.2, 0.25) is 0 Å². The van der Waals surface area contributed by atoms with Crippen LogP contribution in [-0.4, -0.2) is 51.1 Å².